The first kappa shape index (κ1) is 54.2. The minimum Gasteiger partial charge on any atom is -0.460 e. The van der Waals surface area contributed by atoms with E-state index in [0.717, 1.165) is 12.0 Å². The summed E-state index contributed by atoms with van der Waals surface area (Å²) in [7, 11) is 4.52. The van der Waals surface area contributed by atoms with Gasteiger partial charge in [0.25, 0.3) is 11.7 Å². The van der Waals surface area contributed by atoms with Crippen LogP contribution in [0.15, 0.2) is 47.6 Å². The summed E-state index contributed by atoms with van der Waals surface area (Å²) in [6.45, 7) is 12.7. The van der Waals surface area contributed by atoms with Crippen LogP contribution in [0.3, 0.4) is 0 Å². The number of Topliss-reactive ketones (excluding diaryl/α,β-unsaturated/α-hetero) is 3. The molecule has 0 aromatic carbocycles. The maximum absolute atomic E-state index is 14.4. The Morgan fingerprint density at radius 2 is 1.57 bits per heavy atom. The molecule has 14 nitrogen and oxygen atoms in total. The van der Waals surface area contributed by atoms with Gasteiger partial charge in [0.1, 0.15) is 30.1 Å². The van der Waals surface area contributed by atoms with E-state index >= 15 is 0 Å². The largest absolute Gasteiger partial charge is 0.460 e. The summed E-state index contributed by atoms with van der Waals surface area (Å²) in [5, 5.41) is 33.8. The van der Waals surface area contributed by atoms with Crippen molar-refractivity contribution in [2.45, 2.75) is 180 Å². The number of fused-ring (bicyclic) bond motifs is 3. The van der Waals surface area contributed by atoms with Crippen molar-refractivity contribution in [3.05, 3.63) is 47.6 Å². The Bertz CT molecular complexity index is 1760. The number of carbonyl (C=O) groups excluding carboxylic acids is 5. The predicted molar refractivity (Wildman–Crippen MR) is 245 cm³/mol. The molecule has 0 radical (unpaired) electrons. The summed E-state index contributed by atoms with van der Waals surface area (Å²) in [5.41, 5.74) is 1.27. The van der Waals surface area contributed by atoms with Gasteiger partial charge in [-0.3, -0.25) is 19.2 Å². The van der Waals surface area contributed by atoms with Crippen LogP contribution in [0.4, 0.5) is 0 Å². The molecule has 1 aliphatic carbocycles. The average Bonchev–Trinajstić information content (AvgIpc) is 3.28. The van der Waals surface area contributed by atoms with Crippen molar-refractivity contribution in [1.29, 1.82) is 0 Å². The molecular formula is C51H79NO13. The molecule has 5 unspecified atom stereocenters. The van der Waals surface area contributed by atoms with Gasteiger partial charge in [-0.2, -0.15) is 0 Å². The van der Waals surface area contributed by atoms with Crippen molar-refractivity contribution in [2.75, 3.05) is 27.9 Å². The number of ketones is 3. The normalized spacial score (nSPS) is 40.4. The number of piperidine rings is 1. The summed E-state index contributed by atoms with van der Waals surface area (Å²) < 4.78 is 29.4. The van der Waals surface area contributed by atoms with Crippen LogP contribution in [-0.2, 0) is 47.7 Å². The fourth-order valence-corrected chi connectivity index (χ4v) is 10.1. The van der Waals surface area contributed by atoms with E-state index in [9.17, 15) is 39.3 Å². The topological polar surface area (TPSA) is 195 Å². The highest BCUT2D eigenvalue weighted by Crippen LogP contribution is 2.38. The van der Waals surface area contributed by atoms with Gasteiger partial charge >= 0.3 is 5.97 Å². The molecule has 14 heteroatoms. The average molecular weight is 914 g/mol. The number of ether oxygens (including phenoxy) is 5. The van der Waals surface area contributed by atoms with Crippen molar-refractivity contribution < 1.29 is 63.0 Å². The summed E-state index contributed by atoms with van der Waals surface area (Å²) in [6.07, 6.45) is 11.2. The van der Waals surface area contributed by atoms with Crippen molar-refractivity contribution >= 4 is 29.2 Å². The first-order chi connectivity index (χ1) is 30.7. The van der Waals surface area contributed by atoms with Gasteiger partial charge in [0.15, 0.2) is 5.78 Å². The van der Waals surface area contributed by atoms with E-state index in [-0.39, 0.29) is 54.8 Å². The summed E-state index contributed by atoms with van der Waals surface area (Å²) in [6, 6.07) is -1.14. The minimum atomic E-state index is -2.43. The second-order valence-electron chi connectivity index (χ2n) is 19.6. The number of hydrogen-bond acceptors (Lipinski definition) is 13. The lowest BCUT2D eigenvalue weighted by atomic mass is 9.78. The number of esters is 1. The molecule has 366 valence electrons. The minimum absolute atomic E-state index is 0.0193. The number of amides is 1. The molecule has 1 saturated carbocycles. The van der Waals surface area contributed by atoms with Gasteiger partial charge in [-0.25, -0.2) is 4.79 Å². The van der Waals surface area contributed by atoms with Crippen LogP contribution in [0, 0.1) is 35.5 Å². The lowest BCUT2D eigenvalue weighted by Gasteiger charge is -2.42. The van der Waals surface area contributed by atoms with Gasteiger partial charge < -0.3 is 43.9 Å². The van der Waals surface area contributed by atoms with Gasteiger partial charge in [-0.05, 0) is 107 Å². The first-order valence-corrected chi connectivity index (χ1v) is 23.9. The van der Waals surface area contributed by atoms with Crippen molar-refractivity contribution in [3.63, 3.8) is 0 Å². The summed E-state index contributed by atoms with van der Waals surface area (Å²) in [4.78, 5) is 71.8. The number of nitrogens with zero attached hydrogens (tertiary/aromatic N) is 1. The number of aliphatic hydroxyl groups excluding tert-OH is 2. The van der Waals surface area contributed by atoms with Gasteiger partial charge in [0.2, 0.25) is 5.79 Å². The molecule has 65 heavy (non-hydrogen) atoms. The number of carbonyl (C=O) groups is 5. The number of rotatable bonds is 6. The Balaban J connectivity index is 1.70. The molecule has 15 atom stereocenters. The third kappa shape index (κ3) is 14.3. The standard InChI is InChI=1S/C51H79NO13/c1-30-16-12-11-13-17-31(2)42(61-8)28-38-21-19-36(7)51(60,65-38)48(57)49(58)52-23-15-14-18-39(52)50(59)64-43(33(4)26-37-20-22-40(53)44(27-37)62-9)29-41(54)32(3)25-35(6)46(56)47(63-10)45(55)34(5)24-30/h11-13,16-17,25,30,32-34,36-40,42-44,46-47,53,56,60H,14-15,18-24,26-29H2,1-10H3/b13-11+,16-12+,31-17+,35-25+/t30-,32-,33-,34?,36-,37?,38+,39?,40-,42+,43+,44?,46-,47?,51-/m1/s1. The Morgan fingerprint density at radius 1 is 0.846 bits per heavy atom. The summed E-state index contributed by atoms with van der Waals surface area (Å²) >= 11 is 0. The SMILES string of the molecule is COC1CC(C[C@@H](C)[C@@H]2CC(=O)[C@H](C)/C=C(\C)[C@@H](O)C(OC)C(=O)C(C)C[C@H](C)/C=C/C=C/C=C(\C)[C@@H](OC)C[C@@H]3CC[C@@H](C)[C@@](O)(O3)C(=O)C(=O)N3CCCCC3C(=O)O2)CC[C@H]1O. The van der Waals surface area contributed by atoms with Gasteiger partial charge in [0.05, 0.1) is 24.4 Å². The number of hydrogen-bond donors (Lipinski definition) is 3. The highest BCUT2D eigenvalue weighted by atomic mass is 16.6. The van der Waals surface area contributed by atoms with E-state index in [1.54, 1.807) is 41.1 Å². The smallest absolute Gasteiger partial charge is 0.329 e. The third-order valence-electron chi connectivity index (χ3n) is 14.5. The highest BCUT2D eigenvalue weighted by Gasteiger charge is 2.53. The second kappa shape index (κ2) is 25.1. The molecule has 3 heterocycles. The van der Waals surface area contributed by atoms with Gasteiger partial charge in [-0.1, -0.05) is 71.1 Å². The van der Waals surface area contributed by atoms with Crippen LogP contribution in [0.2, 0.25) is 0 Å². The van der Waals surface area contributed by atoms with E-state index in [2.05, 4.69) is 0 Å². The van der Waals surface area contributed by atoms with Crippen LogP contribution in [0.1, 0.15) is 126 Å². The van der Waals surface area contributed by atoms with E-state index in [1.165, 1.54) is 12.0 Å². The molecule has 2 saturated heterocycles. The molecule has 0 spiro atoms. The quantitative estimate of drug-likeness (QED) is 0.156. The number of cyclic esters (lactones) is 1. The molecule has 4 rings (SSSR count). The van der Waals surface area contributed by atoms with Crippen LogP contribution in [-0.4, -0.2) is 132 Å². The van der Waals surface area contributed by atoms with Crippen LogP contribution < -0.4 is 0 Å². The Morgan fingerprint density at radius 3 is 2.25 bits per heavy atom. The second-order valence-corrected chi connectivity index (χ2v) is 19.6. The molecule has 2 bridgehead atoms. The van der Waals surface area contributed by atoms with E-state index in [1.807, 2.05) is 58.1 Å². The highest BCUT2D eigenvalue weighted by molar-refractivity contribution is 6.39. The molecule has 4 aliphatic rings. The van der Waals surface area contributed by atoms with Crippen molar-refractivity contribution in [3.8, 4) is 0 Å². The van der Waals surface area contributed by atoms with E-state index < -0.39 is 83.9 Å². The Labute approximate surface area is 387 Å². The lowest BCUT2D eigenvalue weighted by Crippen LogP contribution is -2.61. The third-order valence-corrected chi connectivity index (χ3v) is 14.5. The lowest BCUT2D eigenvalue weighted by molar-refractivity contribution is -0.265. The van der Waals surface area contributed by atoms with Crippen LogP contribution in [0.5, 0.6) is 0 Å². The zero-order valence-electron chi connectivity index (χ0n) is 40.6. The molecule has 1 amide bonds. The monoisotopic (exact) mass is 914 g/mol. The number of allylic oxidation sites excluding steroid dienone is 6. The maximum Gasteiger partial charge on any atom is 0.329 e. The fraction of sp³-hybridized carbons (Fsp3) is 0.745. The van der Waals surface area contributed by atoms with E-state index in [4.69, 9.17) is 23.7 Å². The molecule has 3 fully saturated rings. The molecule has 3 aliphatic heterocycles. The van der Waals surface area contributed by atoms with Crippen molar-refractivity contribution in [1.82, 2.24) is 4.90 Å². The predicted octanol–water partition coefficient (Wildman–Crippen LogP) is 6.18. The van der Waals surface area contributed by atoms with Gasteiger partial charge in [0, 0.05) is 58.5 Å². The Kier molecular flexibility index (Phi) is 21.0. The zero-order chi connectivity index (χ0) is 48.2. The molecular weight excluding hydrogens is 835 g/mol. The number of aliphatic hydroxyl groups is 3. The van der Waals surface area contributed by atoms with Crippen LogP contribution >= 0.6 is 0 Å². The van der Waals surface area contributed by atoms with E-state index in [0.29, 0.717) is 63.4 Å². The van der Waals surface area contributed by atoms with Crippen LogP contribution in [0.25, 0.3) is 0 Å². The maximum atomic E-state index is 14.4. The molecule has 0 aromatic heterocycles. The molecule has 3 N–H and O–H groups in total. The summed E-state index contributed by atoms with van der Waals surface area (Å²) in [5.74, 6) is -7.96. The molecule has 0 aromatic rings. The zero-order valence-corrected chi connectivity index (χ0v) is 40.6. The number of methoxy groups -OCH3 is 3. The Hall–Kier alpha value is -3.37. The van der Waals surface area contributed by atoms with Crippen molar-refractivity contribution in [2.24, 2.45) is 35.5 Å². The first-order valence-electron chi connectivity index (χ1n) is 23.9. The van der Waals surface area contributed by atoms with Gasteiger partial charge in [-0.15, -0.1) is 0 Å². The fourth-order valence-electron chi connectivity index (χ4n) is 10.1.